The third-order valence-electron chi connectivity index (χ3n) is 9.60. The second-order valence-corrected chi connectivity index (χ2v) is 12.6. The van der Waals surface area contributed by atoms with E-state index in [1.165, 1.54) is 13.8 Å². The van der Waals surface area contributed by atoms with Gasteiger partial charge in [-0.15, -0.1) is 0 Å². The molecule has 2 aliphatic heterocycles. The van der Waals surface area contributed by atoms with E-state index in [9.17, 15) is 9.59 Å². The second kappa shape index (κ2) is 15.9. The molecule has 6 rings (SSSR count). The maximum absolute atomic E-state index is 13.0. The summed E-state index contributed by atoms with van der Waals surface area (Å²) < 4.78 is 65.5. The van der Waals surface area contributed by atoms with Crippen LogP contribution in [0.2, 0.25) is 0 Å². The van der Waals surface area contributed by atoms with E-state index in [1.807, 2.05) is 24.3 Å². The van der Waals surface area contributed by atoms with Gasteiger partial charge in [0.25, 0.3) is 0 Å². The highest BCUT2D eigenvalue weighted by atomic mass is 16.6. The highest BCUT2D eigenvalue weighted by Gasteiger charge is 2.48. The fourth-order valence-corrected chi connectivity index (χ4v) is 7.30. The van der Waals surface area contributed by atoms with Crippen LogP contribution in [0.5, 0.6) is 51.7 Å². The fraction of sp³-hybridized carbons (Fsp3) is 0.366. The Labute approximate surface area is 313 Å². The summed E-state index contributed by atoms with van der Waals surface area (Å²) in [6.45, 7) is 2.70. The SMILES string of the molecule is COc1ccc([C@@H]2c3c(cc4c(c3OC)C[C@@H](OC(C)=O)[C@@H](c3ccc(OC)c(OC)c3)O4)O[C@@H](c3ccc(OC)c(OC)c3)[C@H]2OC(C)=O)c(OC)c1. The zero-order valence-corrected chi connectivity index (χ0v) is 31.7. The Kier molecular flexibility index (Phi) is 11.2. The summed E-state index contributed by atoms with van der Waals surface area (Å²) in [5.41, 5.74) is 3.23. The first kappa shape index (κ1) is 37.8. The van der Waals surface area contributed by atoms with Crippen LogP contribution in [0.3, 0.4) is 0 Å². The van der Waals surface area contributed by atoms with Crippen LogP contribution < -0.4 is 42.6 Å². The first-order valence-electron chi connectivity index (χ1n) is 17.2. The minimum Gasteiger partial charge on any atom is -0.497 e. The molecule has 13 nitrogen and oxygen atoms in total. The summed E-state index contributed by atoms with van der Waals surface area (Å²) in [5, 5.41) is 0. The van der Waals surface area contributed by atoms with Crippen LogP contribution in [0.4, 0.5) is 0 Å². The molecule has 2 aliphatic rings. The van der Waals surface area contributed by atoms with Crippen molar-refractivity contribution in [2.75, 3.05) is 49.8 Å². The zero-order valence-electron chi connectivity index (χ0n) is 31.7. The number of fused-ring (bicyclic) bond motifs is 2. The van der Waals surface area contributed by atoms with Crippen molar-refractivity contribution in [1.29, 1.82) is 0 Å². The van der Waals surface area contributed by atoms with Gasteiger partial charge < -0.3 is 52.1 Å². The number of methoxy groups -OCH3 is 7. The largest absolute Gasteiger partial charge is 0.497 e. The quantitative estimate of drug-likeness (QED) is 0.145. The van der Waals surface area contributed by atoms with E-state index in [0.29, 0.717) is 79.6 Å². The van der Waals surface area contributed by atoms with E-state index >= 15 is 0 Å². The van der Waals surface area contributed by atoms with Crippen LogP contribution in [-0.4, -0.2) is 73.9 Å². The van der Waals surface area contributed by atoms with Crippen molar-refractivity contribution in [2.24, 2.45) is 0 Å². The second-order valence-electron chi connectivity index (χ2n) is 12.6. The van der Waals surface area contributed by atoms with Crippen molar-refractivity contribution in [2.45, 2.75) is 50.6 Å². The van der Waals surface area contributed by atoms with Gasteiger partial charge in [-0.2, -0.15) is 0 Å². The number of carbonyl (C=O) groups is 2. The maximum Gasteiger partial charge on any atom is 0.303 e. The predicted octanol–water partition coefficient (Wildman–Crippen LogP) is 6.55. The van der Waals surface area contributed by atoms with E-state index in [2.05, 4.69) is 0 Å². The maximum atomic E-state index is 13.0. The van der Waals surface area contributed by atoms with Crippen molar-refractivity contribution in [1.82, 2.24) is 0 Å². The van der Waals surface area contributed by atoms with Gasteiger partial charge in [0.05, 0.1) is 55.7 Å². The highest BCUT2D eigenvalue weighted by Crippen LogP contribution is 2.57. The van der Waals surface area contributed by atoms with Crippen molar-refractivity contribution in [3.05, 3.63) is 88.5 Å². The Morgan fingerprint density at radius 3 is 1.69 bits per heavy atom. The zero-order chi connectivity index (χ0) is 38.7. The van der Waals surface area contributed by atoms with Gasteiger partial charge in [-0.25, -0.2) is 0 Å². The summed E-state index contributed by atoms with van der Waals surface area (Å²) in [6, 6.07) is 18.0. The molecular formula is C41H44O13. The lowest BCUT2D eigenvalue weighted by Gasteiger charge is -2.42. The third-order valence-corrected chi connectivity index (χ3v) is 9.60. The first-order chi connectivity index (χ1) is 26.1. The number of esters is 2. The van der Waals surface area contributed by atoms with Gasteiger partial charge in [0, 0.05) is 60.2 Å². The molecular weight excluding hydrogens is 700 g/mol. The van der Waals surface area contributed by atoms with Gasteiger partial charge in [0.1, 0.15) is 34.9 Å². The lowest BCUT2D eigenvalue weighted by Crippen LogP contribution is -2.40. The van der Waals surface area contributed by atoms with Gasteiger partial charge in [0.2, 0.25) is 0 Å². The van der Waals surface area contributed by atoms with Crippen LogP contribution >= 0.6 is 0 Å². The van der Waals surface area contributed by atoms with E-state index in [-0.39, 0.29) is 6.42 Å². The van der Waals surface area contributed by atoms with Crippen molar-refractivity contribution in [3.63, 3.8) is 0 Å². The molecule has 4 aromatic carbocycles. The average Bonchev–Trinajstić information content (AvgIpc) is 3.18. The summed E-state index contributed by atoms with van der Waals surface area (Å²) in [5.74, 6) is 2.61. The molecule has 54 heavy (non-hydrogen) atoms. The Morgan fingerprint density at radius 1 is 0.574 bits per heavy atom. The highest BCUT2D eigenvalue weighted by molar-refractivity contribution is 5.69. The smallest absolute Gasteiger partial charge is 0.303 e. The summed E-state index contributed by atoms with van der Waals surface area (Å²) in [7, 11) is 10.9. The summed E-state index contributed by atoms with van der Waals surface area (Å²) in [4.78, 5) is 25.5. The molecule has 0 aromatic heterocycles. The van der Waals surface area contributed by atoms with E-state index < -0.39 is 42.3 Å². The van der Waals surface area contributed by atoms with Gasteiger partial charge in [-0.05, 0) is 30.3 Å². The number of rotatable bonds is 12. The molecule has 286 valence electrons. The number of carbonyl (C=O) groups excluding carboxylic acids is 2. The molecule has 0 bridgehead atoms. The molecule has 0 fully saturated rings. The van der Waals surface area contributed by atoms with Crippen molar-refractivity contribution >= 4 is 11.9 Å². The fourth-order valence-electron chi connectivity index (χ4n) is 7.30. The molecule has 0 N–H and O–H groups in total. The van der Waals surface area contributed by atoms with Gasteiger partial charge >= 0.3 is 11.9 Å². The Morgan fingerprint density at radius 2 is 1.15 bits per heavy atom. The van der Waals surface area contributed by atoms with E-state index in [0.717, 1.165) is 0 Å². The summed E-state index contributed by atoms with van der Waals surface area (Å²) in [6.07, 6.45) is -3.09. The van der Waals surface area contributed by atoms with Crippen LogP contribution in [-0.2, 0) is 25.5 Å². The van der Waals surface area contributed by atoms with Gasteiger partial charge in [-0.3, -0.25) is 9.59 Å². The molecule has 0 radical (unpaired) electrons. The monoisotopic (exact) mass is 744 g/mol. The normalized spacial score (nSPS) is 19.8. The average molecular weight is 745 g/mol. The number of hydrogen-bond donors (Lipinski definition) is 0. The lowest BCUT2D eigenvalue weighted by molar-refractivity contribution is -0.154. The molecule has 0 spiro atoms. The number of benzene rings is 4. The lowest BCUT2D eigenvalue weighted by atomic mass is 9.77. The molecule has 0 aliphatic carbocycles. The topological polar surface area (TPSA) is 136 Å². The Bertz CT molecular complexity index is 2020. The van der Waals surface area contributed by atoms with Crippen LogP contribution in [0.15, 0.2) is 60.7 Å². The minimum atomic E-state index is -0.948. The molecule has 0 unspecified atom stereocenters. The van der Waals surface area contributed by atoms with Crippen LogP contribution in [0, 0.1) is 0 Å². The van der Waals surface area contributed by atoms with Crippen LogP contribution in [0.1, 0.15) is 59.8 Å². The van der Waals surface area contributed by atoms with Gasteiger partial charge in [0.15, 0.2) is 41.3 Å². The number of ether oxygens (including phenoxy) is 11. The van der Waals surface area contributed by atoms with Crippen LogP contribution in [0.25, 0.3) is 0 Å². The predicted molar refractivity (Wildman–Crippen MR) is 195 cm³/mol. The Hall–Kier alpha value is -5.98. The van der Waals surface area contributed by atoms with Gasteiger partial charge in [-0.1, -0.05) is 18.2 Å². The molecule has 0 saturated heterocycles. The molecule has 13 heteroatoms. The van der Waals surface area contributed by atoms with Crippen molar-refractivity contribution < 1.29 is 61.7 Å². The minimum absolute atomic E-state index is 0.216. The molecule has 0 amide bonds. The molecule has 2 heterocycles. The van der Waals surface area contributed by atoms with E-state index in [4.69, 9.17) is 52.1 Å². The first-order valence-corrected chi connectivity index (χ1v) is 17.2. The van der Waals surface area contributed by atoms with Crippen molar-refractivity contribution in [3.8, 4) is 51.7 Å². The molecule has 5 atom stereocenters. The molecule has 4 aromatic rings. The third kappa shape index (κ3) is 7.05. The standard InChI is InChI=1S/C41H44O13/c1-21(42)51-35-19-27-31(53-38(35)23-10-14-28(45-4)32(16-23)48-7)20-34-37(40(27)50-9)36(26-13-12-25(44-3)18-30(26)47-6)41(52-22(2)43)39(54-34)24-11-15-29(46-5)33(17-24)49-8/h10-18,20,35-36,38-39,41H,19H2,1-9H3/t35-,36-,38-,39+,41+/m1/s1. The number of hydrogen-bond acceptors (Lipinski definition) is 13. The Balaban J connectivity index is 1.60. The summed E-state index contributed by atoms with van der Waals surface area (Å²) >= 11 is 0. The molecule has 0 saturated carbocycles. The van der Waals surface area contributed by atoms with E-state index in [1.54, 1.807) is 86.2 Å².